The summed E-state index contributed by atoms with van der Waals surface area (Å²) >= 11 is 0. The zero-order valence-electron chi connectivity index (χ0n) is 9.80. The molecule has 0 saturated carbocycles. The van der Waals surface area contributed by atoms with Crippen molar-refractivity contribution in [2.75, 3.05) is 40.4 Å². The van der Waals surface area contributed by atoms with E-state index in [2.05, 4.69) is 11.9 Å². The molecule has 0 rings (SSSR count). The third kappa shape index (κ3) is 9.96. The molecule has 0 amide bonds. The maximum absolute atomic E-state index is 5.43. The number of unbranched alkanes of at least 4 members (excludes halogenated alkanes) is 3. The predicted octanol–water partition coefficient (Wildman–Crippen LogP) is 1.47. The Bertz CT molecular complexity index is 97.5. The molecule has 2 N–H and O–H groups in total. The van der Waals surface area contributed by atoms with Crippen LogP contribution in [0.3, 0.4) is 0 Å². The first-order valence-corrected chi connectivity index (χ1v) is 5.68. The van der Waals surface area contributed by atoms with Crippen LogP contribution in [0.1, 0.15) is 32.1 Å². The van der Waals surface area contributed by atoms with E-state index in [9.17, 15) is 0 Å². The van der Waals surface area contributed by atoms with Crippen LogP contribution in [-0.2, 0) is 4.74 Å². The fourth-order valence-corrected chi connectivity index (χ4v) is 1.44. The van der Waals surface area contributed by atoms with Gasteiger partial charge in [-0.1, -0.05) is 6.42 Å². The second kappa shape index (κ2) is 11.0. The van der Waals surface area contributed by atoms with E-state index in [1.165, 1.54) is 38.8 Å². The van der Waals surface area contributed by atoms with Crippen LogP contribution in [0, 0.1) is 0 Å². The summed E-state index contributed by atoms with van der Waals surface area (Å²) in [5, 5.41) is 0. The van der Waals surface area contributed by atoms with Crippen molar-refractivity contribution in [2.24, 2.45) is 5.73 Å². The fourth-order valence-electron chi connectivity index (χ4n) is 1.44. The van der Waals surface area contributed by atoms with Crippen LogP contribution in [0.4, 0.5) is 0 Å². The highest BCUT2D eigenvalue weighted by molar-refractivity contribution is 4.53. The van der Waals surface area contributed by atoms with E-state index in [0.717, 1.165) is 19.6 Å². The topological polar surface area (TPSA) is 38.5 Å². The van der Waals surface area contributed by atoms with Crippen LogP contribution in [0.15, 0.2) is 0 Å². The van der Waals surface area contributed by atoms with Crippen molar-refractivity contribution < 1.29 is 4.74 Å². The zero-order chi connectivity index (χ0) is 10.6. The second-order valence-corrected chi connectivity index (χ2v) is 3.85. The summed E-state index contributed by atoms with van der Waals surface area (Å²) in [6, 6.07) is 0. The van der Waals surface area contributed by atoms with E-state index in [4.69, 9.17) is 10.5 Å². The summed E-state index contributed by atoms with van der Waals surface area (Å²) in [6.07, 6.45) is 6.11. The molecular weight excluding hydrogens is 176 g/mol. The molecule has 0 heterocycles. The molecule has 0 bridgehead atoms. The summed E-state index contributed by atoms with van der Waals surface area (Å²) in [7, 11) is 3.95. The average Bonchev–Trinajstić information content (AvgIpc) is 2.19. The third-order valence-corrected chi connectivity index (χ3v) is 2.38. The van der Waals surface area contributed by atoms with Crippen molar-refractivity contribution in [3.63, 3.8) is 0 Å². The van der Waals surface area contributed by atoms with Gasteiger partial charge in [-0.2, -0.15) is 0 Å². The van der Waals surface area contributed by atoms with Gasteiger partial charge in [0.2, 0.25) is 0 Å². The minimum Gasteiger partial charge on any atom is -0.385 e. The molecule has 0 aromatic rings. The minimum absolute atomic E-state index is 0.831. The van der Waals surface area contributed by atoms with Gasteiger partial charge in [0.15, 0.2) is 0 Å². The summed E-state index contributed by atoms with van der Waals surface area (Å²) in [5.41, 5.74) is 5.43. The van der Waals surface area contributed by atoms with Crippen molar-refractivity contribution in [1.29, 1.82) is 0 Å². The lowest BCUT2D eigenvalue weighted by molar-refractivity contribution is 0.187. The number of nitrogens with two attached hydrogens (primary N) is 1. The molecular formula is C11H26N2O. The van der Waals surface area contributed by atoms with Crippen molar-refractivity contribution in [3.05, 3.63) is 0 Å². The Morgan fingerprint density at radius 2 is 1.64 bits per heavy atom. The molecule has 3 heteroatoms. The molecule has 0 aliphatic carbocycles. The highest BCUT2D eigenvalue weighted by Gasteiger charge is 1.97. The molecule has 86 valence electrons. The number of ether oxygens (including phenoxy) is 1. The summed E-state index contributed by atoms with van der Waals surface area (Å²) in [5.74, 6) is 0. The Kier molecular flexibility index (Phi) is 10.9. The van der Waals surface area contributed by atoms with Gasteiger partial charge in [0.1, 0.15) is 0 Å². The normalized spacial score (nSPS) is 11.1. The first-order valence-electron chi connectivity index (χ1n) is 5.68. The van der Waals surface area contributed by atoms with Gasteiger partial charge in [0.25, 0.3) is 0 Å². The molecule has 0 fully saturated rings. The van der Waals surface area contributed by atoms with Gasteiger partial charge in [-0.3, -0.25) is 0 Å². The van der Waals surface area contributed by atoms with Gasteiger partial charge < -0.3 is 15.4 Å². The van der Waals surface area contributed by atoms with E-state index in [0.29, 0.717) is 0 Å². The minimum atomic E-state index is 0.831. The van der Waals surface area contributed by atoms with Crippen molar-refractivity contribution in [2.45, 2.75) is 32.1 Å². The fraction of sp³-hybridized carbons (Fsp3) is 1.00. The van der Waals surface area contributed by atoms with Gasteiger partial charge >= 0.3 is 0 Å². The highest BCUT2D eigenvalue weighted by Crippen LogP contribution is 1.98. The van der Waals surface area contributed by atoms with Crippen LogP contribution in [0.2, 0.25) is 0 Å². The SMILES string of the molecule is COCCCCN(C)CCCCCN. The first kappa shape index (κ1) is 13.9. The molecule has 0 aliphatic heterocycles. The van der Waals surface area contributed by atoms with Gasteiger partial charge in [-0.05, 0) is 52.4 Å². The molecule has 14 heavy (non-hydrogen) atoms. The van der Waals surface area contributed by atoms with Crippen LogP contribution >= 0.6 is 0 Å². The number of nitrogens with zero attached hydrogens (tertiary/aromatic N) is 1. The van der Waals surface area contributed by atoms with E-state index < -0.39 is 0 Å². The molecule has 3 nitrogen and oxygen atoms in total. The maximum atomic E-state index is 5.43. The van der Waals surface area contributed by atoms with E-state index in [1.807, 2.05) is 0 Å². The molecule has 0 unspecified atom stereocenters. The Hall–Kier alpha value is -0.120. The van der Waals surface area contributed by atoms with E-state index >= 15 is 0 Å². The first-order chi connectivity index (χ1) is 6.81. The quantitative estimate of drug-likeness (QED) is 0.545. The number of hydrogen-bond acceptors (Lipinski definition) is 3. The molecule has 0 radical (unpaired) electrons. The van der Waals surface area contributed by atoms with Crippen LogP contribution < -0.4 is 5.73 Å². The van der Waals surface area contributed by atoms with E-state index in [-0.39, 0.29) is 0 Å². The Morgan fingerprint density at radius 1 is 1.00 bits per heavy atom. The largest absolute Gasteiger partial charge is 0.385 e. The van der Waals surface area contributed by atoms with Crippen molar-refractivity contribution in [3.8, 4) is 0 Å². The average molecular weight is 202 g/mol. The molecule has 0 aromatic carbocycles. The van der Waals surface area contributed by atoms with Crippen molar-refractivity contribution >= 4 is 0 Å². The van der Waals surface area contributed by atoms with Crippen LogP contribution in [0.5, 0.6) is 0 Å². The molecule has 0 aliphatic rings. The lowest BCUT2D eigenvalue weighted by atomic mass is 10.2. The monoisotopic (exact) mass is 202 g/mol. The van der Waals surface area contributed by atoms with E-state index in [1.54, 1.807) is 7.11 Å². The van der Waals surface area contributed by atoms with Gasteiger partial charge in [-0.25, -0.2) is 0 Å². The van der Waals surface area contributed by atoms with Gasteiger partial charge in [0, 0.05) is 13.7 Å². The van der Waals surface area contributed by atoms with Gasteiger partial charge in [-0.15, -0.1) is 0 Å². The number of hydrogen-bond donors (Lipinski definition) is 1. The molecule has 0 saturated heterocycles. The highest BCUT2D eigenvalue weighted by atomic mass is 16.5. The second-order valence-electron chi connectivity index (χ2n) is 3.85. The number of methoxy groups -OCH3 is 1. The lowest BCUT2D eigenvalue weighted by Gasteiger charge is -2.15. The van der Waals surface area contributed by atoms with Crippen LogP contribution in [-0.4, -0.2) is 45.3 Å². The maximum Gasteiger partial charge on any atom is 0.0462 e. The summed E-state index contributed by atoms with van der Waals surface area (Å²) in [4.78, 5) is 2.40. The number of rotatable bonds is 10. The Balaban J connectivity index is 3.07. The Morgan fingerprint density at radius 3 is 2.21 bits per heavy atom. The lowest BCUT2D eigenvalue weighted by Crippen LogP contribution is -2.21. The molecule has 0 spiro atoms. The smallest absolute Gasteiger partial charge is 0.0462 e. The zero-order valence-corrected chi connectivity index (χ0v) is 9.80. The van der Waals surface area contributed by atoms with Crippen molar-refractivity contribution in [1.82, 2.24) is 4.90 Å². The predicted molar refractivity (Wildman–Crippen MR) is 61.5 cm³/mol. The standard InChI is InChI=1S/C11H26N2O/c1-13(9-5-3-4-8-12)10-6-7-11-14-2/h3-12H2,1-2H3. The third-order valence-electron chi connectivity index (χ3n) is 2.38. The summed E-state index contributed by atoms with van der Waals surface area (Å²) in [6.45, 7) is 4.11. The molecule has 0 aromatic heterocycles. The molecule has 0 atom stereocenters. The summed E-state index contributed by atoms with van der Waals surface area (Å²) < 4.78 is 5.00. The van der Waals surface area contributed by atoms with Gasteiger partial charge in [0.05, 0.1) is 0 Å². The van der Waals surface area contributed by atoms with Crippen LogP contribution in [0.25, 0.3) is 0 Å². The Labute approximate surface area is 88.6 Å².